The Bertz CT molecular complexity index is 829. The van der Waals surface area contributed by atoms with Crippen molar-refractivity contribution in [2.45, 2.75) is 45.3 Å². The average molecular weight is 434 g/mol. The summed E-state index contributed by atoms with van der Waals surface area (Å²) in [5.74, 6) is -3.78. The minimum Gasteiger partial charge on any atom is -0.464 e. The Kier molecular flexibility index (Phi) is 7.87. The summed E-state index contributed by atoms with van der Waals surface area (Å²) < 4.78 is 9.93. The molecule has 0 saturated heterocycles. The lowest BCUT2D eigenvalue weighted by Crippen LogP contribution is -2.61. The van der Waals surface area contributed by atoms with Crippen molar-refractivity contribution < 1.29 is 38.6 Å². The molecule has 1 aliphatic heterocycles. The van der Waals surface area contributed by atoms with Crippen LogP contribution in [0, 0.1) is 0 Å². The maximum Gasteiger partial charge on any atom is 0.343 e. The van der Waals surface area contributed by atoms with E-state index in [4.69, 9.17) is 9.47 Å². The van der Waals surface area contributed by atoms with Crippen molar-refractivity contribution in [3.63, 3.8) is 0 Å². The number of carbonyl (C=O) groups is 5. The van der Waals surface area contributed by atoms with Crippen LogP contribution in [0.15, 0.2) is 24.3 Å². The second-order valence-electron chi connectivity index (χ2n) is 6.99. The number of hydrogen-bond acceptors (Lipinski definition) is 8. The molecule has 1 aromatic carbocycles. The summed E-state index contributed by atoms with van der Waals surface area (Å²) in [6.45, 7) is 3.78. The molecule has 168 valence electrons. The number of hydrogen-bond donors (Lipinski definition) is 2. The summed E-state index contributed by atoms with van der Waals surface area (Å²) in [6, 6.07) is 6.30. The molecule has 3 amide bonds. The molecule has 10 heteroatoms. The van der Waals surface area contributed by atoms with Gasteiger partial charge in [0.15, 0.2) is 0 Å². The number of amides is 3. The number of aliphatic hydroxyl groups excluding tert-OH is 1. The van der Waals surface area contributed by atoms with E-state index in [0.29, 0.717) is 0 Å². The molecule has 1 heterocycles. The lowest BCUT2D eigenvalue weighted by molar-refractivity contribution is -0.168. The first-order chi connectivity index (χ1) is 14.7. The molecule has 1 unspecified atom stereocenters. The number of rotatable bonds is 10. The summed E-state index contributed by atoms with van der Waals surface area (Å²) in [5, 5.41) is 12.8. The molecule has 1 aliphatic rings. The Morgan fingerprint density at radius 3 is 1.94 bits per heavy atom. The SMILES string of the molecule is CCOC(=O)C(CCC(O)CN1C(=O)c2ccccc2C1=O)(NC(C)=O)C(=O)OCC. The maximum absolute atomic E-state index is 12.6. The summed E-state index contributed by atoms with van der Waals surface area (Å²) in [4.78, 5) is 62.7. The number of nitrogens with one attached hydrogen (secondary N) is 1. The second-order valence-corrected chi connectivity index (χ2v) is 6.99. The van der Waals surface area contributed by atoms with E-state index in [9.17, 15) is 29.1 Å². The van der Waals surface area contributed by atoms with E-state index in [-0.39, 0.29) is 43.7 Å². The lowest BCUT2D eigenvalue weighted by Gasteiger charge is -2.30. The maximum atomic E-state index is 12.6. The van der Waals surface area contributed by atoms with Gasteiger partial charge in [-0.1, -0.05) is 12.1 Å². The molecular formula is C21H26N2O8. The van der Waals surface area contributed by atoms with Crippen molar-refractivity contribution in [2.75, 3.05) is 19.8 Å². The fraction of sp³-hybridized carbons (Fsp3) is 0.476. The van der Waals surface area contributed by atoms with E-state index in [1.165, 1.54) is 12.1 Å². The largest absolute Gasteiger partial charge is 0.464 e. The Morgan fingerprint density at radius 2 is 1.52 bits per heavy atom. The number of carbonyl (C=O) groups excluding carboxylic acids is 5. The fourth-order valence-electron chi connectivity index (χ4n) is 3.35. The van der Waals surface area contributed by atoms with E-state index >= 15 is 0 Å². The third kappa shape index (κ3) is 5.08. The van der Waals surface area contributed by atoms with Gasteiger partial charge in [-0.3, -0.25) is 19.3 Å². The minimum atomic E-state index is -2.15. The molecule has 0 spiro atoms. The summed E-state index contributed by atoms with van der Waals surface area (Å²) >= 11 is 0. The number of esters is 2. The summed E-state index contributed by atoms with van der Waals surface area (Å²) in [7, 11) is 0. The van der Waals surface area contributed by atoms with Crippen LogP contribution in [0.3, 0.4) is 0 Å². The molecule has 0 aliphatic carbocycles. The molecule has 2 rings (SSSR count). The molecular weight excluding hydrogens is 408 g/mol. The molecule has 2 N–H and O–H groups in total. The van der Waals surface area contributed by atoms with Gasteiger partial charge >= 0.3 is 11.9 Å². The van der Waals surface area contributed by atoms with Crippen molar-refractivity contribution in [1.82, 2.24) is 10.2 Å². The van der Waals surface area contributed by atoms with Crippen LogP contribution >= 0.6 is 0 Å². The van der Waals surface area contributed by atoms with E-state index in [1.54, 1.807) is 26.0 Å². The number of β-amino-alcohol motifs (C(OH)–C–C–N with tert-alkyl or cyclic N) is 1. The molecule has 0 radical (unpaired) electrons. The van der Waals surface area contributed by atoms with Crippen LogP contribution in [-0.4, -0.2) is 71.1 Å². The number of benzene rings is 1. The van der Waals surface area contributed by atoms with Gasteiger partial charge < -0.3 is 19.9 Å². The predicted molar refractivity (Wildman–Crippen MR) is 107 cm³/mol. The number of fused-ring (bicyclic) bond motifs is 1. The standard InChI is InChI=1S/C21H26N2O8/c1-4-30-19(28)21(22-13(3)24,20(29)31-5-2)11-10-14(25)12-23-17(26)15-8-6-7-9-16(15)18(23)27/h6-9,14,25H,4-5,10-12H2,1-3H3,(H,22,24). The Morgan fingerprint density at radius 1 is 1.03 bits per heavy atom. The van der Waals surface area contributed by atoms with E-state index in [1.807, 2.05) is 0 Å². The smallest absolute Gasteiger partial charge is 0.343 e. The normalized spacial score (nSPS) is 14.1. The Balaban J connectivity index is 2.17. The first-order valence-electron chi connectivity index (χ1n) is 9.94. The average Bonchev–Trinajstić information content (AvgIpc) is 2.96. The van der Waals surface area contributed by atoms with Crippen molar-refractivity contribution in [2.24, 2.45) is 0 Å². The van der Waals surface area contributed by atoms with Crippen LogP contribution in [-0.2, 0) is 23.9 Å². The third-order valence-electron chi connectivity index (χ3n) is 4.76. The van der Waals surface area contributed by atoms with Gasteiger partial charge in [0.05, 0.1) is 37.0 Å². The van der Waals surface area contributed by atoms with Gasteiger partial charge in [-0.15, -0.1) is 0 Å². The van der Waals surface area contributed by atoms with E-state index in [0.717, 1.165) is 11.8 Å². The zero-order valence-corrected chi connectivity index (χ0v) is 17.7. The monoisotopic (exact) mass is 434 g/mol. The molecule has 0 fully saturated rings. The van der Waals surface area contributed by atoms with Crippen LogP contribution in [0.25, 0.3) is 0 Å². The van der Waals surface area contributed by atoms with Crippen molar-refractivity contribution in [1.29, 1.82) is 0 Å². The van der Waals surface area contributed by atoms with Crippen molar-refractivity contribution >= 4 is 29.7 Å². The van der Waals surface area contributed by atoms with Gasteiger partial charge in [-0.05, 0) is 38.8 Å². The van der Waals surface area contributed by atoms with Crippen LogP contribution in [0.1, 0.15) is 54.3 Å². The van der Waals surface area contributed by atoms with E-state index in [2.05, 4.69) is 5.32 Å². The number of imide groups is 1. The Hall–Kier alpha value is -3.27. The highest BCUT2D eigenvalue weighted by Gasteiger charge is 2.50. The van der Waals surface area contributed by atoms with Crippen LogP contribution in [0.2, 0.25) is 0 Å². The molecule has 0 bridgehead atoms. The van der Waals surface area contributed by atoms with Crippen molar-refractivity contribution in [3.8, 4) is 0 Å². The van der Waals surface area contributed by atoms with Gasteiger partial charge in [0.25, 0.3) is 11.8 Å². The molecule has 1 atom stereocenters. The van der Waals surface area contributed by atoms with Gasteiger partial charge in [0.1, 0.15) is 0 Å². The topological polar surface area (TPSA) is 139 Å². The highest BCUT2D eigenvalue weighted by atomic mass is 16.6. The molecule has 10 nitrogen and oxygen atoms in total. The quantitative estimate of drug-likeness (QED) is 0.307. The molecule has 31 heavy (non-hydrogen) atoms. The fourth-order valence-corrected chi connectivity index (χ4v) is 3.35. The van der Waals surface area contributed by atoms with Gasteiger partial charge in [-0.25, -0.2) is 9.59 Å². The van der Waals surface area contributed by atoms with Crippen LogP contribution in [0.4, 0.5) is 0 Å². The first-order valence-corrected chi connectivity index (χ1v) is 9.94. The second kappa shape index (κ2) is 10.2. The van der Waals surface area contributed by atoms with Crippen LogP contribution < -0.4 is 5.32 Å². The zero-order valence-electron chi connectivity index (χ0n) is 17.7. The van der Waals surface area contributed by atoms with Gasteiger partial charge in [0.2, 0.25) is 11.4 Å². The van der Waals surface area contributed by atoms with Gasteiger partial charge in [-0.2, -0.15) is 0 Å². The molecule has 0 aromatic heterocycles. The van der Waals surface area contributed by atoms with Crippen molar-refractivity contribution in [3.05, 3.63) is 35.4 Å². The predicted octanol–water partition coefficient (Wildman–Crippen LogP) is 0.425. The highest BCUT2D eigenvalue weighted by Crippen LogP contribution is 2.24. The minimum absolute atomic E-state index is 0.0445. The first kappa shape index (κ1) is 24.0. The van der Waals surface area contributed by atoms with E-state index < -0.39 is 41.3 Å². The number of nitrogens with zero attached hydrogens (tertiary/aromatic N) is 1. The molecule has 0 saturated carbocycles. The highest BCUT2D eigenvalue weighted by molar-refractivity contribution is 6.21. The third-order valence-corrected chi connectivity index (χ3v) is 4.76. The Labute approximate surface area is 179 Å². The lowest BCUT2D eigenvalue weighted by atomic mass is 9.91. The van der Waals surface area contributed by atoms with Gasteiger partial charge in [0, 0.05) is 6.92 Å². The summed E-state index contributed by atoms with van der Waals surface area (Å²) in [6.07, 6.45) is -1.82. The number of ether oxygens (including phenoxy) is 2. The van der Waals surface area contributed by atoms with Crippen LogP contribution in [0.5, 0.6) is 0 Å². The molecule has 1 aromatic rings. The number of aliphatic hydroxyl groups is 1. The zero-order chi connectivity index (χ0) is 23.2. The summed E-state index contributed by atoms with van der Waals surface area (Å²) in [5.41, 5.74) is -1.67.